The van der Waals surface area contributed by atoms with Crippen LogP contribution in [-0.2, 0) is 4.79 Å². The number of carbonyl (C=O) groups excluding carboxylic acids is 1. The van der Waals surface area contributed by atoms with E-state index in [0.29, 0.717) is 12.2 Å². The molecule has 0 aromatic carbocycles. The quantitative estimate of drug-likeness (QED) is 0.705. The zero-order valence-electron chi connectivity index (χ0n) is 8.03. The summed E-state index contributed by atoms with van der Waals surface area (Å²) in [5.41, 5.74) is 2.03. The molecule has 1 N–H and O–H groups in total. The van der Waals surface area contributed by atoms with Crippen LogP contribution in [0.25, 0.3) is 0 Å². The fourth-order valence-electron chi connectivity index (χ4n) is 1.21. The van der Waals surface area contributed by atoms with E-state index in [0.717, 1.165) is 11.3 Å². The lowest BCUT2D eigenvalue weighted by Gasteiger charge is -2.16. The number of hydrogen-bond donors (Lipinski definition) is 1. The topological polar surface area (TPSA) is 45.2 Å². The number of rotatable bonds is 3. The third kappa shape index (κ3) is 1.96. The Bertz CT molecular complexity index is 310. The second kappa shape index (κ2) is 3.89. The molecule has 13 heavy (non-hydrogen) atoms. The van der Waals surface area contributed by atoms with Crippen molar-refractivity contribution in [3.8, 4) is 0 Å². The van der Waals surface area contributed by atoms with Gasteiger partial charge in [0.15, 0.2) is 0 Å². The van der Waals surface area contributed by atoms with Crippen molar-refractivity contribution in [1.82, 2.24) is 4.98 Å². The van der Waals surface area contributed by atoms with Crippen molar-refractivity contribution in [1.29, 1.82) is 0 Å². The molecule has 0 fully saturated rings. The smallest absolute Gasteiger partial charge is 0.212 e. The van der Waals surface area contributed by atoms with E-state index in [1.54, 1.807) is 6.20 Å². The molecule has 1 rings (SSSR count). The maximum absolute atomic E-state index is 10.2. The lowest BCUT2D eigenvalue weighted by atomic mass is 10.2. The van der Waals surface area contributed by atoms with Crippen LogP contribution >= 0.6 is 0 Å². The minimum absolute atomic E-state index is 0.612. The molecule has 0 spiro atoms. The van der Waals surface area contributed by atoms with Gasteiger partial charge in [-0.25, -0.2) is 4.98 Å². The highest BCUT2D eigenvalue weighted by atomic mass is 16.1. The Balaban J connectivity index is 3.10. The molecule has 1 aromatic heterocycles. The second-order valence-corrected chi connectivity index (χ2v) is 2.96. The molecule has 1 heterocycles. The Morgan fingerprint density at radius 2 is 2.23 bits per heavy atom. The van der Waals surface area contributed by atoms with Crippen molar-refractivity contribution in [2.75, 3.05) is 24.3 Å². The van der Waals surface area contributed by atoms with E-state index in [-0.39, 0.29) is 0 Å². The van der Waals surface area contributed by atoms with E-state index in [9.17, 15) is 4.79 Å². The first-order valence-corrected chi connectivity index (χ1v) is 4.00. The van der Waals surface area contributed by atoms with Crippen LogP contribution in [-0.4, -0.2) is 25.5 Å². The summed E-state index contributed by atoms with van der Waals surface area (Å²) in [6.45, 7) is 1.92. The number of anilines is 2. The van der Waals surface area contributed by atoms with Crippen LogP contribution in [0.2, 0.25) is 0 Å². The number of aromatic nitrogens is 1. The maximum atomic E-state index is 10.2. The minimum atomic E-state index is 0.612. The number of hydrogen-bond acceptors (Lipinski definition) is 3. The van der Waals surface area contributed by atoms with Gasteiger partial charge in [0, 0.05) is 31.5 Å². The molecule has 4 nitrogen and oxygen atoms in total. The molecular formula is C9H13N3O. The van der Waals surface area contributed by atoms with Gasteiger partial charge in [-0.1, -0.05) is 0 Å². The van der Waals surface area contributed by atoms with E-state index in [1.165, 1.54) is 0 Å². The summed E-state index contributed by atoms with van der Waals surface area (Å²) in [4.78, 5) is 16.3. The molecular weight excluding hydrogens is 166 g/mol. The fourth-order valence-corrected chi connectivity index (χ4v) is 1.21. The van der Waals surface area contributed by atoms with Crippen molar-refractivity contribution in [3.63, 3.8) is 0 Å². The standard InChI is InChI=1S/C9H13N3O/c1-7-8(12(2)3)4-5-10-9(7)11-6-13/h4-6H,1-3H3,(H,10,11,13). The third-order valence-corrected chi connectivity index (χ3v) is 1.85. The zero-order valence-corrected chi connectivity index (χ0v) is 8.03. The summed E-state index contributed by atoms with van der Waals surface area (Å²) in [7, 11) is 3.90. The Hall–Kier alpha value is -1.58. The first kappa shape index (κ1) is 9.51. The molecule has 0 aliphatic carbocycles. The van der Waals surface area contributed by atoms with Gasteiger partial charge >= 0.3 is 0 Å². The lowest BCUT2D eigenvalue weighted by molar-refractivity contribution is -0.105. The van der Waals surface area contributed by atoms with Gasteiger partial charge in [-0.15, -0.1) is 0 Å². The predicted octanol–water partition coefficient (Wildman–Crippen LogP) is 1.02. The van der Waals surface area contributed by atoms with E-state index >= 15 is 0 Å². The van der Waals surface area contributed by atoms with E-state index in [2.05, 4.69) is 10.3 Å². The maximum Gasteiger partial charge on any atom is 0.212 e. The van der Waals surface area contributed by atoms with Crippen LogP contribution in [0.1, 0.15) is 5.56 Å². The van der Waals surface area contributed by atoms with Gasteiger partial charge in [0.2, 0.25) is 6.41 Å². The van der Waals surface area contributed by atoms with Crippen molar-refractivity contribution >= 4 is 17.9 Å². The van der Waals surface area contributed by atoms with Crippen LogP contribution in [0.3, 0.4) is 0 Å². The summed E-state index contributed by atoms with van der Waals surface area (Å²) >= 11 is 0. The Morgan fingerprint density at radius 3 is 2.77 bits per heavy atom. The SMILES string of the molecule is Cc1c(N(C)C)ccnc1NC=O. The largest absolute Gasteiger partial charge is 0.377 e. The van der Waals surface area contributed by atoms with E-state index in [1.807, 2.05) is 32.0 Å². The van der Waals surface area contributed by atoms with Gasteiger partial charge in [0.1, 0.15) is 5.82 Å². The predicted molar refractivity (Wildman–Crippen MR) is 53.0 cm³/mol. The van der Waals surface area contributed by atoms with Crippen LogP contribution < -0.4 is 10.2 Å². The highest BCUT2D eigenvalue weighted by molar-refractivity contribution is 5.74. The normalized spacial score (nSPS) is 9.46. The van der Waals surface area contributed by atoms with Crippen molar-refractivity contribution < 1.29 is 4.79 Å². The van der Waals surface area contributed by atoms with Crippen LogP contribution in [0, 0.1) is 6.92 Å². The number of nitrogens with one attached hydrogen (secondary N) is 1. The van der Waals surface area contributed by atoms with Crippen molar-refractivity contribution in [2.45, 2.75) is 6.92 Å². The van der Waals surface area contributed by atoms with Crippen molar-refractivity contribution in [2.24, 2.45) is 0 Å². The second-order valence-electron chi connectivity index (χ2n) is 2.96. The molecule has 0 aliphatic rings. The Morgan fingerprint density at radius 1 is 1.54 bits per heavy atom. The van der Waals surface area contributed by atoms with E-state index < -0.39 is 0 Å². The number of carbonyl (C=O) groups is 1. The van der Waals surface area contributed by atoms with Crippen LogP contribution in [0.15, 0.2) is 12.3 Å². The summed E-state index contributed by atoms with van der Waals surface area (Å²) in [5, 5.41) is 2.55. The van der Waals surface area contributed by atoms with Gasteiger partial charge in [-0.05, 0) is 13.0 Å². The summed E-state index contributed by atoms with van der Waals surface area (Å²) in [5.74, 6) is 0.612. The van der Waals surface area contributed by atoms with Crippen molar-refractivity contribution in [3.05, 3.63) is 17.8 Å². The lowest BCUT2D eigenvalue weighted by Crippen LogP contribution is -2.12. The molecule has 0 bridgehead atoms. The first-order valence-electron chi connectivity index (χ1n) is 4.00. The highest BCUT2D eigenvalue weighted by Gasteiger charge is 2.05. The number of amides is 1. The molecule has 0 atom stereocenters. The summed E-state index contributed by atoms with van der Waals surface area (Å²) in [6, 6.07) is 1.91. The molecule has 0 radical (unpaired) electrons. The average molecular weight is 179 g/mol. The molecule has 0 saturated carbocycles. The Labute approximate surface area is 77.6 Å². The summed E-state index contributed by atoms with van der Waals surface area (Å²) in [6.07, 6.45) is 2.31. The molecule has 0 aliphatic heterocycles. The highest BCUT2D eigenvalue weighted by Crippen LogP contribution is 2.22. The average Bonchev–Trinajstić information content (AvgIpc) is 2.08. The molecule has 1 aromatic rings. The van der Waals surface area contributed by atoms with Gasteiger partial charge in [0.05, 0.1) is 0 Å². The first-order chi connectivity index (χ1) is 6.16. The van der Waals surface area contributed by atoms with Gasteiger partial charge in [-0.3, -0.25) is 4.79 Å². The molecule has 0 unspecified atom stereocenters. The summed E-state index contributed by atoms with van der Waals surface area (Å²) < 4.78 is 0. The number of pyridine rings is 1. The third-order valence-electron chi connectivity index (χ3n) is 1.85. The van der Waals surface area contributed by atoms with Gasteiger partial charge < -0.3 is 10.2 Å². The molecule has 0 saturated heterocycles. The monoisotopic (exact) mass is 179 g/mol. The fraction of sp³-hybridized carbons (Fsp3) is 0.333. The molecule has 70 valence electrons. The Kier molecular flexibility index (Phi) is 2.84. The molecule has 4 heteroatoms. The number of nitrogens with zero attached hydrogens (tertiary/aromatic N) is 2. The van der Waals surface area contributed by atoms with Crippen LogP contribution in [0.5, 0.6) is 0 Å². The van der Waals surface area contributed by atoms with Crippen LogP contribution in [0.4, 0.5) is 11.5 Å². The van der Waals surface area contributed by atoms with Gasteiger partial charge in [-0.2, -0.15) is 0 Å². The van der Waals surface area contributed by atoms with Gasteiger partial charge in [0.25, 0.3) is 0 Å². The minimum Gasteiger partial charge on any atom is -0.377 e. The zero-order chi connectivity index (χ0) is 9.84. The molecule has 1 amide bonds. The van der Waals surface area contributed by atoms with E-state index in [4.69, 9.17) is 0 Å².